The highest BCUT2D eigenvalue weighted by Gasteiger charge is 2.37. The molecule has 2 amide bonds. The summed E-state index contributed by atoms with van der Waals surface area (Å²) in [5.41, 5.74) is -0.0621. The fraction of sp³-hybridized carbons (Fsp3) is 0.765. The van der Waals surface area contributed by atoms with Crippen molar-refractivity contribution in [1.82, 2.24) is 20.5 Å². The Morgan fingerprint density at radius 1 is 1.50 bits per heavy atom. The van der Waals surface area contributed by atoms with Gasteiger partial charge in [0.2, 0.25) is 5.89 Å². The van der Waals surface area contributed by atoms with Crippen LogP contribution in [0.3, 0.4) is 0 Å². The number of carbonyl (C=O) groups excluding carboxylic acids is 1. The highest BCUT2D eigenvalue weighted by molar-refractivity contribution is 5.74. The second-order valence-electron chi connectivity index (χ2n) is 7.33. The smallest absolute Gasteiger partial charge is 0.315 e. The highest BCUT2D eigenvalue weighted by Crippen LogP contribution is 2.29. The zero-order chi connectivity index (χ0) is 17.9. The van der Waals surface area contributed by atoms with Crippen LogP contribution in [0, 0.1) is 0 Å². The van der Waals surface area contributed by atoms with Gasteiger partial charge in [0.25, 0.3) is 0 Å². The van der Waals surface area contributed by atoms with Gasteiger partial charge in [-0.05, 0) is 13.8 Å². The number of aromatic nitrogens is 1. The minimum atomic E-state index is -0.162. The first-order valence-electron chi connectivity index (χ1n) is 8.53. The molecule has 1 saturated heterocycles. The molecule has 1 aliphatic rings. The van der Waals surface area contributed by atoms with Gasteiger partial charge >= 0.3 is 6.03 Å². The van der Waals surface area contributed by atoms with E-state index in [2.05, 4.69) is 48.2 Å². The van der Waals surface area contributed by atoms with Crippen molar-refractivity contribution in [2.24, 2.45) is 0 Å². The topological polar surface area (TPSA) is 79.6 Å². The summed E-state index contributed by atoms with van der Waals surface area (Å²) in [5.74, 6) is 1.58. The summed E-state index contributed by atoms with van der Waals surface area (Å²) in [6.07, 6.45) is 1.76. The van der Waals surface area contributed by atoms with Gasteiger partial charge in [-0.2, -0.15) is 0 Å². The zero-order valence-corrected chi connectivity index (χ0v) is 15.5. The quantitative estimate of drug-likeness (QED) is 0.859. The molecule has 7 nitrogen and oxygen atoms in total. The first-order valence-corrected chi connectivity index (χ1v) is 8.53. The number of carbonyl (C=O) groups is 1. The molecule has 1 fully saturated rings. The molecular weight excluding hydrogens is 308 g/mol. The fourth-order valence-corrected chi connectivity index (χ4v) is 2.86. The number of oxazole rings is 1. The normalized spacial score (nSPS) is 23.2. The van der Waals surface area contributed by atoms with E-state index in [1.165, 1.54) is 0 Å². The van der Waals surface area contributed by atoms with E-state index in [1.54, 1.807) is 13.3 Å². The molecule has 0 radical (unpaired) electrons. The van der Waals surface area contributed by atoms with Crippen molar-refractivity contribution in [2.45, 2.75) is 58.2 Å². The van der Waals surface area contributed by atoms with E-state index in [9.17, 15) is 4.79 Å². The first-order chi connectivity index (χ1) is 11.3. The lowest BCUT2D eigenvalue weighted by Gasteiger charge is -2.21. The number of urea groups is 1. The van der Waals surface area contributed by atoms with E-state index in [-0.39, 0.29) is 29.6 Å². The summed E-state index contributed by atoms with van der Waals surface area (Å²) in [5, 5.41) is 5.74. The Bertz CT molecular complexity index is 552. The Morgan fingerprint density at radius 2 is 2.21 bits per heavy atom. The maximum absolute atomic E-state index is 11.8. The van der Waals surface area contributed by atoms with Crippen molar-refractivity contribution in [2.75, 3.05) is 26.7 Å². The Labute approximate surface area is 144 Å². The van der Waals surface area contributed by atoms with Gasteiger partial charge in [0.15, 0.2) is 0 Å². The summed E-state index contributed by atoms with van der Waals surface area (Å²) in [6.45, 7) is 12.3. The molecule has 0 bridgehead atoms. The third kappa shape index (κ3) is 4.27. The molecule has 0 spiro atoms. The van der Waals surface area contributed by atoms with Gasteiger partial charge in [-0.15, -0.1) is 0 Å². The first kappa shape index (κ1) is 18.7. The predicted octanol–water partition coefficient (Wildman–Crippen LogP) is 2.05. The largest absolute Gasteiger partial charge is 0.443 e. The van der Waals surface area contributed by atoms with Crippen molar-refractivity contribution >= 4 is 6.03 Å². The molecule has 1 aromatic heterocycles. The summed E-state index contributed by atoms with van der Waals surface area (Å²) in [6, 6.07) is -0.189. The minimum absolute atomic E-state index is 0.0276. The van der Waals surface area contributed by atoms with Crippen LogP contribution in [-0.2, 0) is 10.2 Å². The van der Waals surface area contributed by atoms with Crippen molar-refractivity contribution in [3.05, 3.63) is 17.8 Å². The van der Waals surface area contributed by atoms with Crippen LogP contribution in [0.2, 0.25) is 0 Å². The second-order valence-corrected chi connectivity index (χ2v) is 7.33. The van der Waals surface area contributed by atoms with E-state index in [1.807, 2.05) is 6.92 Å². The van der Waals surface area contributed by atoms with Crippen LogP contribution in [-0.4, -0.2) is 54.8 Å². The number of ether oxygens (including phenoxy) is 1. The number of methoxy groups -OCH3 is 1. The summed E-state index contributed by atoms with van der Waals surface area (Å²) in [4.78, 5) is 18.5. The maximum atomic E-state index is 11.8. The number of rotatable bonds is 5. The number of likely N-dealkylation sites (tertiary alicyclic amines) is 1. The summed E-state index contributed by atoms with van der Waals surface area (Å²) < 4.78 is 11.5. The number of hydrogen-bond acceptors (Lipinski definition) is 5. The lowest BCUT2D eigenvalue weighted by Crippen LogP contribution is -2.48. The van der Waals surface area contributed by atoms with Crippen LogP contribution >= 0.6 is 0 Å². The van der Waals surface area contributed by atoms with Gasteiger partial charge < -0.3 is 19.8 Å². The molecule has 2 heterocycles. The second kappa shape index (κ2) is 7.53. The summed E-state index contributed by atoms with van der Waals surface area (Å²) in [7, 11) is 1.67. The minimum Gasteiger partial charge on any atom is -0.443 e. The van der Waals surface area contributed by atoms with Crippen molar-refractivity contribution < 1.29 is 13.9 Å². The zero-order valence-electron chi connectivity index (χ0n) is 15.5. The van der Waals surface area contributed by atoms with Crippen LogP contribution in [0.1, 0.15) is 52.3 Å². The van der Waals surface area contributed by atoms with Gasteiger partial charge in [-0.1, -0.05) is 20.8 Å². The highest BCUT2D eigenvalue weighted by atomic mass is 16.5. The lowest BCUT2D eigenvalue weighted by molar-refractivity contribution is 0.0864. The third-order valence-electron chi connectivity index (χ3n) is 4.42. The van der Waals surface area contributed by atoms with Crippen molar-refractivity contribution in [3.8, 4) is 0 Å². The molecule has 136 valence electrons. The van der Waals surface area contributed by atoms with Crippen LogP contribution in [0.4, 0.5) is 4.79 Å². The van der Waals surface area contributed by atoms with Crippen LogP contribution in [0.25, 0.3) is 0 Å². The SMILES string of the molecule is CCNC(=O)N[C@H]1CN([C@@H](C)c2ncc(C(C)(C)C)o2)C[C@@H]1OC. The Hall–Kier alpha value is -1.60. The van der Waals surface area contributed by atoms with E-state index < -0.39 is 0 Å². The van der Waals surface area contributed by atoms with Crippen LogP contribution in [0.15, 0.2) is 10.6 Å². The van der Waals surface area contributed by atoms with Crippen molar-refractivity contribution in [1.29, 1.82) is 0 Å². The number of nitrogens with one attached hydrogen (secondary N) is 2. The van der Waals surface area contributed by atoms with E-state index in [0.717, 1.165) is 12.3 Å². The predicted molar refractivity (Wildman–Crippen MR) is 92.0 cm³/mol. The average molecular weight is 338 g/mol. The van der Waals surface area contributed by atoms with Gasteiger partial charge in [0, 0.05) is 32.2 Å². The molecule has 1 aliphatic heterocycles. The van der Waals surface area contributed by atoms with Gasteiger partial charge in [-0.25, -0.2) is 9.78 Å². The number of hydrogen-bond donors (Lipinski definition) is 2. The molecule has 3 atom stereocenters. The summed E-state index contributed by atoms with van der Waals surface area (Å²) >= 11 is 0. The van der Waals surface area contributed by atoms with E-state index in [0.29, 0.717) is 19.0 Å². The molecule has 2 N–H and O–H groups in total. The molecule has 2 rings (SSSR count). The van der Waals surface area contributed by atoms with E-state index >= 15 is 0 Å². The third-order valence-corrected chi connectivity index (χ3v) is 4.42. The monoisotopic (exact) mass is 338 g/mol. The van der Waals surface area contributed by atoms with Crippen LogP contribution < -0.4 is 10.6 Å². The molecule has 0 unspecified atom stereocenters. The van der Waals surface area contributed by atoms with Gasteiger partial charge in [0.1, 0.15) is 5.76 Å². The molecule has 7 heteroatoms. The Morgan fingerprint density at radius 3 is 2.75 bits per heavy atom. The molecule has 0 saturated carbocycles. The fourth-order valence-electron chi connectivity index (χ4n) is 2.86. The number of amides is 2. The lowest BCUT2D eigenvalue weighted by atomic mass is 9.94. The Kier molecular flexibility index (Phi) is 5.87. The molecule has 1 aromatic rings. The van der Waals surface area contributed by atoms with Crippen LogP contribution in [0.5, 0.6) is 0 Å². The standard InChI is InChI=1S/C17H30N4O3/c1-7-18-16(22)20-12-9-21(10-13(12)23-6)11(2)15-19-8-14(24-15)17(3,4)5/h8,11-13H,7,9-10H2,1-6H3,(H2,18,20,22)/t11-,12-,13-/m0/s1. The molecular formula is C17H30N4O3. The molecule has 24 heavy (non-hydrogen) atoms. The van der Waals surface area contributed by atoms with Crippen molar-refractivity contribution in [3.63, 3.8) is 0 Å². The number of nitrogens with zero attached hydrogens (tertiary/aromatic N) is 2. The Balaban J connectivity index is 2.04. The van der Waals surface area contributed by atoms with Gasteiger partial charge in [-0.3, -0.25) is 4.90 Å². The van der Waals surface area contributed by atoms with Gasteiger partial charge in [0.05, 0.1) is 24.4 Å². The molecule has 0 aliphatic carbocycles. The molecule has 0 aromatic carbocycles. The average Bonchev–Trinajstić information content (AvgIpc) is 3.13. The maximum Gasteiger partial charge on any atom is 0.315 e. The van der Waals surface area contributed by atoms with E-state index in [4.69, 9.17) is 9.15 Å².